The van der Waals surface area contributed by atoms with Crippen LogP contribution in [0.4, 0.5) is 5.69 Å². The standard InChI is InChI=1S/C16H23NO2/c1-5-12(2)15-6-8-16(9-7-15)17(14(4)19)11-10-13(3)18/h6-9,12H,5,10-11H2,1-4H3. The van der Waals surface area contributed by atoms with Crippen LogP contribution in [0.1, 0.15) is 52.0 Å². The predicted molar refractivity (Wildman–Crippen MR) is 78.5 cm³/mol. The van der Waals surface area contributed by atoms with E-state index >= 15 is 0 Å². The van der Waals surface area contributed by atoms with Crippen molar-refractivity contribution >= 4 is 17.4 Å². The van der Waals surface area contributed by atoms with Crippen LogP contribution in [0, 0.1) is 0 Å². The fourth-order valence-electron chi connectivity index (χ4n) is 1.96. The van der Waals surface area contributed by atoms with Gasteiger partial charge in [0.1, 0.15) is 5.78 Å². The molecule has 0 heterocycles. The molecule has 0 aromatic heterocycles. The van der Waals surface area contributed by atoms with Gasteiger partial charge in [-0.25, -0.2) is 0 Å². The summed E-state index contributed by atoms with van der Waals surface area (Å²) in [5.41, 5.74) is 2.14. The highest BCUT2D eigenvalue weighted by molar-refractivity contribution is 5.92. The second-order valence-corrected chi connectivity index (χ2v) is 5.02. The van der Waals surface area contributed by atoms with E-state index < -0.39 is 0 Å². The van der Waals surface area contributed by atoms with Gasteiger partial charge in [-0.1, -0.05) is 26.0 Å². The number of carbonyl (C=O) groups excluding carboxylic acids is 2. The van der Waals surface area contributed by atoms with Crippen molar-refractivity contribution in [2.24, 2.45) is 0 Å². The van der Waals surface area contributed by atoms with Gasteiger partial charge in [-0.15, -0.1) is 0 Å². The number of amides is 1. The third-order valence-corrected chi connectivity index (χ3v) is 3.45. The molecule has 0 aliphatic heterocycles. The summed E-state index contributed by atoms with van der Waals surface area (Å²) in [6.45, 7) is 7.88. The number of hydrogen-bond acceptors (Lipinski definition) is 2. The third-order valence-electron chi connectivity index (χ3n) is 3.45. The van der Waals surface area contributed by atoms with Gasteiger partial charge in [0.25, 0.3) is 0 Å². The summed E-state index contributed by atoms with van der Waals surface area (Å²) in [6.07, 6.45) is 1.49. The molecule has 1 aromatic rings. The topological polar surface area (TPSA) is 37.4 Å². The normalized spacial score (nSPS) is 12.0. The van der Waals surface area contributed by atoms with E-state index in [1.807, 2.05) is 12.1 Å². The lowest BCUT2D eigenvalue weighted by Crippen LogP contribution is -2.30. The van der Waals surface area contributed by atoms with Crippen LogP contribution in [0.25, 0.3) is 0 Å². The van der Waals surface area contributed by atoms with E-state index in [1.54, 1.807) is 11.8 Å². The maximum atomic E-state index is 11.6. The molecule has 0 fully saturated rings. The highest BCUT2D eigenvalue weighted by Crippen LogP contribution is 2.22. The summed E-state index contributed by atoms with van der Waals surface area (Å²) in [6, 6.07) is 8.05. The third kappa shape index (κ3) is 4.51. The Balaban J connectivity index is 2.85. The Bertz CT molecular complexity index is 437. The summed E-state index contributed by atoms with van der Waals surface area (Å²) < 4.78 is 0. The Hall–Kier alpha value is -1.64. The minimum atomic E-state index is -0.0301. The number of anilines is 1. The zero-order chi connectivity index (χ0) is 14.4. The number of rotatable bonds is 6. The van der Waals surface area contributed by atoms with Crippen LogP contribution in [0.3, 0.4) is 0 Å². The molecule has 0 saturated heterocycles. The van der Waals surface area contributed by atoms with E-state index in [4.69, 9.17) is 0 Å². The molecule has 1 atom stereocenters. The molecular weight excluding hydrogens is 238 g/mol. The maximum Gasteiger partial charge on any atom is 0.223 e. The van der Waals surface area contributed by atoms with Gasteiger partial charge in [-0.2, -0.15) is 0 Å². The van der Waals surface area contributed by atoms with Crippen LogP contribution in [-0.4, -0.2) is 18.2 Å². The van der Waals surface area contributed by atoms with Gasteiger partial charge in [-0.05, 0) is 37.0 Å². The number of Topliss-reactive ketones (excluding diaryl/α,β-unsaturated/α-hetero) is 1. The average molecular weight is 261 g/mol. The van der Waals surface area contributed by atoms with Crippen molar-refractivity contribution in [2.45, 2.75) is 46.5 Å². The first kappa shape index (κ1) is 15.4. The van der Waals surface area contributed by atoms with Crippen LogP contribution < -0.4 is 4.90 Å². The van der Waals surface area contributed by atoms with E-state index in [1.165, 1.54) is 12.5 Å². The first-order valence-corrected chi connectivity index (χ1v) is 6.83. The van der Waals surface area contributed by atoms with Crippen LogP contribution in [0.5, 0.6) is 0 Å². The Labute approximate surface area is 115 Å². The SMILES string of the molecule is CCC(C)c1ccc(N(CCC(C)=O)C(C)=O)cc1. The second-order valence-electron chi connectivity index (χ2n) is 5.02. The first-order valence-electron chi connectivity index (χ1n) is 6.83. The summed E-state index contributed by atoms with van der Waals surface area (Å²) in [4.78, 5) is 24.3. The lowest BCUT2D eigenvalue weighted by Gasteiger charge is -2.21. The van der Waals surface area contributed by atoms with Gasteiger partial charge in [-0.3, -0.25) is 9.59 Å². The van der Waals surface area contributed by atoms with Crippen LogP contribution in [-0.2, 0) is 9.59 Å². The zero-order valence-corrected chi connectivity index (χ0v) is 12.3. The highest BCUT2D eigenvalue weighted by Gasteiger charge is 2.12. The molecule has 0 N–H and O–H groups in total. The van der Waals surface area contributed by atoms with Gasteiger partial charge < -0.3 is 4.90 Å². The molecule has 0 spiro atoms. The Morgan fingerprint density at radius 1 is 1.16 bits per heavy atom. The van der Waals surface area contributed by atoms with Gasteiger partial charge in [0, 0.05) is 25.6 Å². The van der Waals surface area contributed by atoms with Crippen molar-refractivity contribution in [1.29, 1.82) is 0 Å². The molecule has 3 nitrogen and oxygen atoms in total. The van der Waals surface area contributed by atoms with E-state index in [0.29, 0.717) is 18.9 Å². The largest absolute Gasteiger partial charge is 0.312 e. The van der Waals surface area contributed by atoms with Crippen molar-refractivity contribution in [3.05, 3.63) is 29.8 Å². The second kappa shape index (κ2) is 7.07. The van der Waals surface area contributed by atoms with E-state index in [2.05, 4.69) is 26.0 Å². The van der Waals surface area contributed by atoms with Crippen LogP contribution >= 0.6 is 0 Å². The van der Waals surface area contributed by atoms with E-state index in [-0.39, 0.29) is 11.7 Å². The van der Waals surface area contributed by atoms with Crippen molar-refractivity contribution in [2.75, 3.05) is 11.4 Å². The minimum absolute atomic E-state index is 0.0301. The smallest absolute Gasteiger partial charge is 0.223 e. The van der Waals surface area contributed by atoms with Gasteiger partial charge in [0.15, 0.2) is 0 Å². The van der Waals surface area contributed by atoms with Gasteiger partial charge in [0.05, 0.1) is 0 Å². The zero-order valence-electron chi connectivity index (χ0n) is 12.3. The molecular formula is C16H23NO2. The summed E-state index contributed by atoms with van der Waals surface area (Å²) in [5.74, 6) is 0.595. The molecule has 0 aliphatic rings. The molecule has 1 aromatic carbocycles. The van der Waals surface area contributed by atoms with Crippen molar-refractivity contribution in [1.82, 2.24) is 0 Å². The fourth-order valence-corrected chi connectivity index (χ4v) is 1.96. The van der Waals surface area contributed by atoms with Crippen molar-refractivity contribution in [3.8, 4) is 0 Å². The lowest BCUT2D eigenvalue weighted by molar-refractivity contribution is -0.117. The average Bonchev–Trinajstić information content (AvgIpc) is 2.38. The molecule has 0 bridgehead atoms. The lowest BCUT2D eigenvalue weighted by atomic mass is 9.98. The monoisotopic (exact) mass is 261 g/mol. The number of nitrogens with zero attached hydrogens (tertiary/aromatic N) is 1. The predicted octanol–water partition coefficient (Wildman–Crippen LogP) is 3.53. The fraction of sp³-hybridized carbons (Fsp3) is 0.500. The maximum absolute atomic E-state index is 11.6. The van der Waals surface area contributed by atoms with E-state index in [0.717, 1.165) is 12.1 Å². The van der Waals surface area contributed by atoms with E-state index in [9.17, 15) is 9.59 Å². The number of hydrogen-bond donors (Lipinski definition) is 0. The summed E-state index contributed by atoms with van der Waals surface area (Å²) in [5, 5.41) is 0. The van der Waals surface area contributed by atoms with Gasteiger partial charge >= 0.3 is 0 Å². The van der Waals surface area contributed by atoms with Gasteiger partial charge in [0.2, 0.25) is 5.91 Å². The van der Waals surface area contributed by atoms with Crippen molar-refractivity contribution < 1.29 is 9.59 Å². The highest BCUT2D eigenvalue weighted by atomic mass is 16.2. The molecule has 0 radical (unpaired) electrons. The first-order chi connectivity index (χ1) is 8.95. The van der Waals surface area contributed by atoms with Crippen molar-refractivity contribution in [3.63, 3.8) is 0 Å². The number of carbonyl (C=O) groups is 2. The molecule has 3 heteroatoms. The van der Waals surface area contributed by atoms with Crippen LogP contribution in [0.15, 0.2) is 24.3 Å². The molecule has 19 heavy (non-hydrogen) atoms. The quantitative estimate of drug-likeness (QED) is 0.785. The van der Waals surface area contributed by atoms with Crippen LogP contribution in [0.2, 0.25) is 0 Å². The molecule has 1 rings (SSSR count). The molecule has 0 aliphatic carbocycles. The molecule has 0 saturated carbocycles. The minimum Gasteiger partial charge on any atom is -0.312 e. The molecule has 1 amide bonds. The Kier molecular flexibility index (Phi) is 5.74. The number of benzene rings is 1. The number of ketones is 1. The molecule has 104 valence electrons. The Morgan fingerprint density at radius 3 is 2.16 bits per heavy atom. The Morgan fingerprint density at radius 2 is 1.74 bits per heavy atom. The summed E-state index contributed by atoms with van der Waals surface area (Å²) in [7, 11) is 0. The molecule has 1 unspecified atom stereocenters. The summed E-state index contributed by atoms with van der Waals surface area (Å²) >= 11 is 0.